The van der Waals surface area contributed by atoms with Gasteiger partial charge in [0.1, 0.15) is 12.4 Å². The van der Waals surface area contributed by atoms with E-state index in [1.54, 1.807) is 22.0 Å². The number of anilines is 1. The Balaban J connectivity index is 1.59. The number of amides is 2. The SMILES string of the molecule is COCC(=O)N1CCC[C@@H](C(=O)NC2=NN(c3ccc(Cl)c(Cl)c3)CC2)C1. The number of hydrogen-bond donors (Lipinski definition) is 1. The Hall–Kier alpha value is -1.83. The summed E-state index contributed by atoms with van der Waals surface area (Å²) in [5.41, 5.74) is 0.822. The lowest BCUT2D eigenvalue weighted by Gasteiger charge is -2.31. The molecule has 0 radical (unpaired) electrons. The average molecular weight is 413 g/mol. The molecule has 146 valence electrons. The van der Waals surface area contributed by atoms with Gasteiger partial charge in [-0.1, -0.05) is 23.2 Å². The molecule has 2 aliphatic heterocycles. The van der Waals surface area contributed by atoms with Gasteiger partial charge in [-0.05, 0) is 31.0 Å². The molecule has 0 unspecified atom stereocenters. The molecule has 0 aromatic heterocycles. The van der Waals surface area contributed by atoms with Crippen LogP contribution >= 0.6 is 23.2 Å². The Morgan fingerprint density at radius 1 is 1.30 bits per heavy atom. The van der Waals surface area contributed by atoms with E-state index in [1.165, 1.54) is 7.11 Å². The summed E-state index contributed by atoms with van der Waals surface area (Å²) in [6, 6.07) is 5.31. The molecule has 3 rings (SSSR count). The topological polar surface area (TPSA) is 74.2 Å². The maximum absolute atomic E-state index is 12.6. The summed E-state index contributed by atoms with van der Waals surface area (Å²) in [6.07, 6.45) is 2.19. The number of likely N-dealkylation sites (tertiary alicyclic amines) is 1. The molecular formula is C18H22Cl2N4O3. The minimum absolute atomic E-state index is 0.0413. The smallest absolute Gasteiger partial charge is 0.248 e. The van der Waals surface area contributed by atoms with Gasteiger partial charge in [0.15, 0.2) is 0 Å². The molecule has 9 heteroatoms. The van der Waals surface area contributed by atoms with E-state index in [-0.39, 0.29) is 24.3 Å². The van der Waals surface area contributed by atoms with Gasteiger partial charge < -0.3 is 15.0 Å². The lowest BCUT2D eigenvalue weighted by Crippen LogP contribution is -2.47. The van der Waals surface area contributed by atoms with Crippen molar-refractivity contribution < 1.29 is 14.3 Å². The zero-order chi connectivity index (χ0) is 19.4. The van der Waals surface area contributed by atoms with Crippen LogP contribution in [0, 0.1) is 5.92 Å². The van der Waals surface area contributed by atoms with Crippen molar-refractivity contribution in [1.82, 2.24) is 10.2 Å². The minimum Gasteiger partial charge on any atom is -0.375 e. The van der Waals surface area contributed by atoms with Crippen LogP contribution in [0.1, 0.15) is 19.3 Å². The van der Waals surface area contributed by atoms with Gasteiger partial charge in [-0.15, -0.1) is 0 Å². The first-order valence-corrected chi connectivity index (χ1v) is 9.61. The lowest BCUT2D eigenvalue weighted by atomic mass is 9.97. The molecule has 1 aromatic rings. The highest BCUT2D eigenvalue weighted by molar-refractivity contribution is 6.42. The molecule has 2 amide bonds. The first-order valence-electron chi connectivity index (χ1n) is 8.85. The van der Waals surface area contributed by atoms with Crippen molar-refractivity contribution in [2.24, 2.45) is 11.0 Å². The van der Waals surface area contributed by atoms with Crippen LogP contribution in [0.5, 0.6) is 0 Å². The van der Waals surface area contributed by atoms with Gasteiger partial charge in [0.2, 0.25) is 11.8 Å². The van der Waals surface area contributed by atoms with Crippen LogP contribution in [0.4, 0.5) is 5.69 Å². The zero-order valence-electron chi connectivity index (χ0n) is 15.1. The number of methoxy groups -OCH3 is 1. The summed E-state index contributed by atoms with van der Waals surface area (Å²) >= 11 is 12.0. The van der Waals surface area contributed by atoms with Crippen LogP contribution in [0.15, 0.2) is 23.3 Å². The van der Waals surface area contributed by atoms with E-state index in [2.05, 4.69) is 10.4 Å². The number of benzene rings is 1. The molecule has 0 spiro atoms. The molecule has 2 aliphatic rings. The van der Waals surface area contributed by atoms with E-state index in [4.69, 9.17) is 27.9 Å². The molecular weight excluding hydrogens is 391 g/mol. The second-order valence-electron chi connectivity index (χ2n) is 6.62. The maximum Gasteiger partial charge on any atom is 0.248 e. The minimum atomic E-state index is -0.235. The van der Waals surface area contributed by atoms with Gasteiger partial charge in [-0.3, -0.25) is 14.6 Å². The fourth-order valence-electron chi connectivity index (χ4n) is 3.25. The normalized spacial score (nSPS) is 19.8. The summed E-state index contributed by atoms with van der Waals surface area (Å²) in [5, 5.41) is 10.1. The molecule has 1 N–H and O–H groups in total. The fraction of sp³-hybridized carbons (Fsp3) is 0.500. The maximum atomic E-state index is 12.6. The molecule has 0 aliphatic carbocycles. The van der Waals surface area contributed by atoms with E-state index in [0.717, 1.165) is 18.5 Å². The van der Waals surface area contributed by atoms with Crippen LogP contribution in [-0.2, 0) is 14.3 Å². The molecule has 1 aromatic carbocycles. The van der Waals surface area contributed by atoms with Crippen LogP contribution in [-0.4, -0.2) is 55.9 Å². The van der Waals surface area contributed by atoms with Gasteiger partial charge in [-0.2, -0.15) is 5.10 Å². The standard InChI is InChI=1S/C18H22Cl2N4O3/c1-27-11-17(25)23-7-2-3-12(10-23)18(26)21-16-6-8-24(22-16)13-4-5-14(19)15(20)9-13/h4-5,9,12H,2-3,6-8,10-11H2,1H3,(H,21,22,26)/t12-/m1/s1. The average Bonchev–Trinajstić information content (AvgIpc) is 3.12. The Morgan fingerprint density at radius 2 is 2.11 bits per heavy atom. The van der Waals surface area contributed by atoms with Crippen molar-refractivity contribution in [2.45, 2.75) is 19.3 Å². The third-order valence-corrected chi connectivity index (χ3v) is 5.42. The predicted molar refractivity (Wildman–Crippen MR) is 105 cm³/mol. The highest BCUT2D eigenvalue weighted by Gasteiger charge is 2.29. The second-order valence-corrected chi connectivity index (χ2v) is 7.43. The van der Waals surface area contributed by atoms with Gasteiger partial charge in [0, 0.05) is 33.2 Å². The van der Waals surface area contributed by atoms with Crippen molar-refractivity contribution in [3.8, 4) is 0 Å². The molecule has 1 fully saturated rings. The number of nitrogens with zero attached hydrogens (tertiary/aromatic N) is 3. The Bertz CT molecular complexity index is 756. The van der Waals surface area contributed by atoms with E-state index in [0.29, 0.717) is 41.9 Å². The molecule has 1 atom stereocenters. The quantitative estimate of drug-likeness (QED) is 0.824. The zero-order valence-corrected chi connectivity index (χ0v) is 16.6. The summed E-state index contributed by atoms with van der Waals surface area (Å²) in [5.74, 6) is 0.200. The number of hydrazone groups is 1. The summed E-state index contributed by atoms with van der Waals surface area (Å²) in [4.78, 5) is 26.3. The van der Waals surface area contributed by atoms with Crippen molar-refractivity contribution in [3.63, 3.8) is 0 Å². The first-order chi connectivity index (χ1) is 13.0. The number of amidine groups is 1. The Labute approximate surface area is 168 Å². The van der Waals surface area contributed by atoms with Crippen molar-refractivity contribution in [1.29, 1.82) is 0 Å². The van der Waals surface area contributed by atoms with Gasteiger partial charge in [0.25, 0.3) is 0 Å². The number of rotatable bonds is 4. The molecule has 0 bridgehead atoms. The molecule has 7 nitrogen and oxygen atoms in total. The van der Waals surface area contributed by atoms with Gasteiger partial charge in [-0.25, -0.2) is 0 Å². The van der Waals surface area contributed by atoms with E-state index >= 15 is 0 Å². The van der Waals surface area contributed by atoms with Gasteiger partial charge in [0.05, 0.1) is 21.7 Å². The van der Waals surface area contributed by atoms with E-state index < -0.39 is 0 Å². The highest BCUT2D eigenvalue weighted by Crippen LogP contribution is 2.28. The first kappa shape index (κ1) is 19.9. The molecule has 2 heterocycles. The summed E-state index contributed by atoms with van der Waals surface area (Å²) in [7, 11) is 1.49. The summed E-state index contributed by atoms with van der Waals surface area (Å²) in [6.45, 7) is 1.77. The lowest BCUT2D eigenvalue weighted by molar-refractivity contribution is -0.138. The van der Waals surface area contributed by atoms with Crippen LogP contribution < -0.4 is 10.3 Å². The predicted octanol–water partition coefficient (Wildman–Crippen LogP) is 2.52. The van der Waals surface area contributed by atoms with Crippen LogP contribution in [0.2, 0.25) is 10.0 Å². The molecule has 27 heavy (non-hydrogen) atoms. The highest BCUT2D eigenvalue weighted by atomic mass is 35.5. The number of carbonyl (C=O) groups excluding carboxylic acids is 2. The third kappa shape index (κ3) is 4.91. The number of halogens is 2. The molecule has 1 saturated heterocycles. The molecule has 0 saturated carbocycles. The van der Waals surface area contributed by atoms with E-state index in [9.17, 15) is 9.59 Å². The summed E-state index contributed by atoms with van der Waals surface area (Å²) < 4.78 is 4.90. The largest absolute Gasteiger partial charge is 0.375 e. The fourth-order valence-corrected chi connectivity index (χ4v) is 3.55. The monoisotopic (exact) mass is 412 g/mol. The number of hydrogen-bond acceptors (Lipinski definition) is 5. The second kappa shape index (κ2) is 8.91. The van der Waals surface area contributed by atoms with E-state index in [1.807, 2.05) is 6.07 Å². The Kier molecular flexibility index (Phi) is 6.57. The van der Waals surface area contributed by atoms with Crippen molar-refractivity contribution in [2.75, 3.05) is 38.4 Å². The number of ether oxygens (including phenoxy) is 1. The number of nitrogens with one attached hydrogen (secondary N) is 1. The third-order valence-electron chi connectivity index (χ3n) is 4.68. The van der Waals surface area contributed by atoms with Crippen molar-refractivity contribution in [3.05, 3.63) is 28.2 Å². The number of carbonyl (C=O) groups is 2. The van der Waals surface area contributed by atoms with Crippen molar-refractivity contribution >= 4 is 46.5 Å². The van der Waals surface area contributed by atoms with Gasteiger partial charge >= 0.3 is 0 Å². The number of piperidine rings is 1. The Morgan fingerprint density at radius 3 is 2.85 bits per heavy atom. The van der Waals surface area contributed by atoms with Crippen LogP contribution in [0.3, 0.4) is 0 Å². The van der Waals surface area contributed by atoms with Crippen LogP contribution in [0.25, 0.3) is 0 Å².